The van der Waals surface area contributed by atoms with Gasteiger partial charge in [-0.05, 0) is 51.8 Å². The lowest BCUT2D eigenvalue weighted by Crippen LogP contribution is -2.23. The SMILES string of the molecule is COc1cc(OC)cc(N(CCOS(C)(=O)=O)c2ccc3ncc(-c4cnn(CCCCC(=O)OC(C)(C)C)c4)nc3c2)c1. The van der Waals surface area contributed by atoms with Crippen LogP contribution in [0.5, 0.6) is 11.5 Å². The van der Waals surface area contributed by atoms with E-state index in [4.69, 9.17) is 23.4 Å². The summed E-state index contributed by atoms with van der Waals surface area (Å²) < 4.78 is 46.5. The quantitative estimate of drug-likeness (QED) is 0.105. The highest BCUT2D eigenvalue weighted by Crippen LogP contribution is 2.34. The molecule has 0 saturated carbocycles. The first kappa shape index (κ1) is 32.7. The van der Waals surface area contributed by atoms with Gasteiger partial charge in [0.05, 0.1) is 56.2 Å². The van der Waals surface area contributed by atoms with E-state index in [-0.39, 0.29) is 19.1 Å². The van der Waals surface area contributed by atoms with E-state index in [1.807, 2.05) is 66.9 Å². The fraction of sp³-hybridized carbons (Fsp3) is 0.419. The molecule has 44 heavy (non-hydrogen) atoms. The molecule has 0 saturated heterocycles. The number of anilines is 2. The van der Waals surface area contributed by atoms with Crippen LogP contribution in [0.3, 0.4) is 0 Å². The summed E-state index contributed by atoms with van der Waals surface area (Å²) in [6, 6.07) is 11.1. The highest BCUT2D eigenvalue weighted by atomic mass is 32.2. The van der Waals surface area contributed by atoms with Crippen molar-refractivity contribution in [3.05, 3.63) is 55.0 Å². The zero-order valence-corrected chi connectivity index (χ0v) is 26.8. The Morgan fingerprint density at radius 1 is 0.955 bits per heavy atom. The van der Waals surface area contributed by atoms with E-state index in [9.17, 15) is 13.2 Å². The lowest BCUT2D eigenvalue weighted by molar-refractivity contribution is -0.154. The first-order valence-corrected chi connectivity index (χ1v) is 16.0. The zero-order chi connectivity index (χ0) is 31.9. The van der Waals surface area contributed by atoms with E-state index in [0.717, 1.165) is 29.6 Å². The average Bonchev–Trinajstić information content (AvgIpc) is 3.44. The van der Waals surface area contributed by atoms with Crippen LogP contribution in [-0.4, -0.2) is 73.4 Å². The summed E-state index contributed by atoms with van der Waals surface area (Å²) in [7, 11) is -0.495. The minimum absolute atomic E-state index is 0.0704. The maximum atomic E-state index is 12.0. The van der Waals surface area contributed by atoms with Crippen molar-refractivity contribution in [3.8, 4) is 22.8 Å². The van der Waals surface area contributed by atoms with Crippen LogP contribution in [0, 0.1) is 0 Å². The van der Waals surface area contributed by atoms with Crippen molar-refractivity contribution < 1.29 is 31.6 Å². The molecule has 0 atom stereocenters. The Kier molecular flexibility index (Phi) is 10.4. The van der Waals surface area contributed by atoms with Crippen LogP contribution in [0.4, 0.5) is 11.4 Å². The maximum Gasteiger partial charge on any atom is 0.306 e. The number of hydrogen-bond acceptors (Lipinski definition) is 11. The molecule has 0 bridgehead atoms. The number of fused-ring (bicyclic) bond motifs is 1. The number of unbranched alkanes of at least 4 members (excludes halogenated alkanes) is 1. The summed E-state index contributed by atoms with van der Waals surface area (Å²) in [4.78, 5) is 23.3. The number of benzene rings is 2. The van der Waals surface area contributed by atoms with Crippen LogP contribution < -0.4 is 14.4 Å². The number of ether oxygens (including phenoxy) is 3. The second-order valence-electron chi connectivity index (χ2n) is 11.2. The fourth-order valence-corrected chi connectivity index (χ4v) is 4.87. The Morgan fingerprint density at radius 3 is 2.34 bits per heavy atom. The third-order valence-corrected chi connectivity index (χ3v) is 7.06. The van der Waals surface area contributed by atoms with Crippen molar-refractivity contribution in [2.45, 2.75) is 52.2 Å². The van der Waals surface area contributed by atoms with Gasteiger partial charge in [-0.2, -0.15) is 13.5 Å². The van der Waals surface area contributed by atoms with Crippen molar-refractivity contribution in [2.24, 2.45) is 0 Å². The van der Waals surface area contributed by atoms with E-state index >= 15 is 0 Å². The highest BCUT2D eigenvalue weighted by Gasteiger charge is 2.17. The summed E-state index contributed by atoms with van der Waals surface area (Å²) in [5.74, 6) is 0.965. The summed E-state index contributed by atoms with van der Waals surface area (Å²) in [5, 5.41) is 4.46. The van der Waals surface area contributed by atoms with Gasteiger partial charge >= 0.3 is 5.97 Å². The topological polar surface area (TPSA) is 135 Å². The molecule has 0 N–H and O–H groups in total. The van der Waals surface area contributed by atoms with Gasteiger partial charge in [0.1, 0.15) is 17.1 Å². The van der Waals surface area contributed by atoms with Crippen LogP contribution in [0.15, 0.2) is 55.0 Å². The first-order chi connectivity index (χ1) is 20.8. The molecule has 4 rings (SSSR count). The molecule has 0 aliphatic carbocycles. The number of hydrogen-bond donors (Lipinski definition) is 0. The van der Waals surface area contributed by atoms with E-state index in [1.54, 1.807) is 32.7 Å². The molecule has 0 radical (unpaired) electrons. The normalized spacial score (nSPS) is 11.9. The number of aryl methyl sites for hydroxylation is 1. The molecular weight excluding hydrogens is 586 g/mol. The largest absolute Gasteiger partial charge is 0.497 e. The van der Waals surface area contributed by atoms with Gasteiger partial charge in [-0.25, -0.2) is 4.98 Å². The molecule has 2 aromatic carbocycles. The second kappa shape index (κ2) is 14.0. The molecule has 12 nitrogen and oxygen atoms in total. The van der Waals surface area contributed by atoms with Crippen molar-refractivity contribution in [2.75, 3.05) is 38.5 Å². The number of carbonyl (C=O) groups excluding carboxylic acids is 1. The van der Waals surface area contributed by atoms with Gasteiger partial charge in [-0.15, -0.1) is 0 Å². The number of aromatic nitrogens is 4. The van der Waals surface area contributed by atoms with Crippen molar-refractivity contribution in [3.63, 3.8) is 0 Å². The molecule has 0 spiro atoms. The Bertz CT molecular complexity index is 1680. The lowest BCUT2D eigenvalue weighted by atomic mass is 10.2. The van der Waals surface area contributed by atoms with Gasteiger partial charge in [0.2, 0.25) is 0 Å². The molecule has 2 heterocycles. The van der Waals surface area contributed by atoms with Gasteiger partial charge < -0.3 is 19.1 Å². The summed E-state index contributed by atoms with van der Waals surface area (Å²) in [6.45, 7) is 6.39. The van der Waals surface area contributed by atoms with Crippen LogP contribution in [0.25, 0.3) is 22.3 Å². The molecule has 13 heteroatoms. The molecule has 236 valence electrons. The third-order valence-electron chi connectivity index (χ3n) is 6.46. The molecule has 0 unspecified atom stereocenters. The molecule has 0 fully saturated rings. The van der Waals surface area contributed by atoms with Crippen LogP contribution in [-0.2, 0) is 30.4 Å². The predicted octanol–water partition coefficient (Wildman–Crippen LogP) is 5.14. The average molecular weight is 626 g/mol. The maximum absolute atomic E-state index is 12.0. The van der Waals surface area contributed by atoms with Crippen molar-refractivity contribution >= 4 is 38.5 Å². The van der Waals surface area contributed by atoms with Crippen molar-refractivity contribution in [1.82, 2.24) is 19.7 Å². The van der Waals surface area contributed by atoms with E-state index in [0.29, 0.717) is 47.6 Å². The monoisotopic (exact) mass is 625 g/mol. The first-order valence-electron chi connectivity index (χ1n) is 14.2. The van der Waals surface area contributed by atoms with E-state index in [2.05, 4.69) is 10.1 Å². The number of methoxy groups -OCH3 is 2. The Balaban J connectivity index is 1.54. The van der Waals surface area contributed by atoms with Crippen molar-refractivity contribution in [1.29, 1.82) is 0 Å². The Labute approximate surface area is 258 Å². The number of carbonyl (C=O) groups is 1. The van der Waals surface area contributed by atoms with Gasteiger partial charge in [0.25, 0.3) is 10.1 Å². The summed E-state index contributed by atoms with van der Waals surface area (Å²) >= 11 is 0. The second-order valence-corrected chi connectivity index (χ2v) is 12.9. The standard InChI is InChI=1S/C31H39N5O7S/c1-31(2,3)43-30(37)9-7-8-12-35-21-22(19-33-35)29-20-32-27-11-10-23(17-28(27)34-29)36(13-14-42-44(6,38)39)24-15-25(40-4)18-26(16-24)41-5/h10-11,15-21H,7-9,12-14H2,1-6H3. The lowest BCUT2D eigenvalue weighted by Gasteiger charge is -2.26. The van der Waals surface area contributed by atoms with Gasteiger partial charge in [0.15, 0.2) is 0 Å². The Hall–Kier alpha value is -4.23. The number of esters is 1. The van der Waals surface area contributed by atoms with Crippen LogP contribution in [0.2, 0.25) is 0 Å². The Morgan fingerprint density at radius 2 is 1.68 bits per heavy atom. The summed E-state index contributed by atoms with van der Waals surface area (Å²) in [6.07, 6.45) is 8.22. The molecule has 0 aliphatic rings. The molecule has 0 aliphatic heterocycles. The minimum Gasteiger partial charge on any atom is -0.497 e. The molecule has 2 aromatic heterocycles. The molecule has 0 amide bonds. The van der Waals surface area contributed by atoms with Crippen LogP contribution in [0.1, 0.15) is 40.0 Å². The van der Waals surface area contributed by atoms with Crippen LogP contribution >= 0.6 is 0 Å². The zero-order valence-electron chi connectivity index (χ0n) is 25.9. The minimum atomic E-state index is -3.62. The summed E-state index contributed by atoms with van der Waals surface area (Å²) in [5.41, 5.74) is 3.80. The van der Waals surface area contributed by atoms with E-state index in [1.165, 1.54) is 0 Å². The number of rotatable bonds is 14. The number of nitrogens with zero attached hydrogens (tertiary/aromatic N) is 5. The molecular formula is C31H39N5O7S. The fourth-order valence-electron chi connectivity index (χ4n) is 4.50. The van der Waals surface area contributed by atoms with Gasteiger partial charge in [-0.1, -0.05) is 0 Å². The van der Waals surface area contributed by atoms with E-state index < -0.39 is 15.7 Å². The van der Waals surface area contributed by atoms with Gasteiger partial charge in [-0.3, -0.25) is 18.6 Å². The molecule has 4 aromatic rings. The highest BCUT2D eigenvalue weighted by molar-refractivity contribution is 7.85. The smallest absolute Gasteiger partial charge is 0.306 e. The van der Waals surface area contributed by atoms with Gasteiger partial charge in [0, 0.05) is 60.8 Å². The predicted molar refractivity (Wildman–Crippen MR) is 168 cm³/mol. The third kappa shape index (κ3) is 9.38.